The van der Waals surface area contributed by atoms with Crippen LogP contribution in [0.2, 0.25) is 0 Å². The maximum atomic E-state index is 14.0. The monoisotopic (exact) mass is 520 g/mol. The molecule has 1 aliphatic heterocycles. The van der Waals surface area contributed by atoms with Gasteiger partial charge >= 0.3 is 6.18 Å². The quantitative estimate of drug-likeness (QED) is 0.350. The van der Waals surface area contributed by atoms with E-state index < -0.39 is 17.2 Å². The van der Waals surface area contributed by atoms with Gasteiger partial charge in [0.25, 0.3) is 0 Å². The smallest absolute Gasteiger partial charge is 0.416 e. The zero-order valence-electron chi connectivity index (χ0n) is 22.0. The lowest BCUT2D eigenvalue weighted by Crippen LogP contribution is -2.47. The molecule has 7 heteroatoms. The number of methoxy groups -OCH3 is 1. The van der Waals surface area contributed by atoms with Gasteiger partial charge in [-0.1, -0.05) is 57.2 Å². The summed E-state index contributed by atoms with van der Waals surface area (Å²) >= 11 is 0. The molecule has 2 aliphatic rings. The van der Waals surface area contributed by atoms with Crippen LogP contribution in [-0.2, 0) is 22.9 Å². The van der Waals surface area contributed by atoms with Gasteiger partial charge in [0.1, 0.15) is 11.6 Å². The normalized spacial score (nSPS) is 20.7. The predicted molar refractivity (Wildman–Crippen MR) is 141 cm³/mol. The van der Waals surface area contributed by atoms with Gasteiger partial charge in [-0.25, -0.2) is 4.98 Å². The standard InChI is InChI=1S/C31H31F3N2O2/c1-5-30(21-8-6-9-22(16-21)31(32,33)34)24-10-7-15-35-28(24)36(19-20-11-13-23(38-4)14-12-20)25-17-29(2,3)18-26(37)27(25)30/h6-16H,5,17-19H2,1-4H3. The van der Waals surface area contributed by atoms with E-state index in [-0.39, 0.29) is 11.2 Å². The van der Waals surface area contributed by atoms with Gasteiger partial charge in [0, 0.05) is 36.0 Å². The summed E-state index contributed by atoms with van der Waals surface area (Å²) in [7, 11) is 1.62. The van der Waals surface area contributed by atoms with Gasteiger partial charge in [0.15, 0.2) is 5.78 Å². The number of ether oxygens (including phenoxy) is 1. The Hall–Kier alpha value is -3.61. The fraction of sp³-hybridized carbons (Fsp3) is 0.355. The van der Waals surface area contributed by atoms with Crippen LogP contribution in [0.5, 0.6) is 5.75 Å². The molecule has 0 N–H and O–H groups in total. The zero-order chi connectivity index (χ0) is 27.3. The van der Waals surface area contributed by atoms with Crippen molar-refractivity contribution in [3.05, 3.63) is 100 Å². The number of ketones is 1. The van der Waals surface area contributed by atoms with Gasteiger partial charge in [-0.3, -0.25) is 4.79 Å². The number of aromatic nitrogens is 1. The Morgan fingerprint density at radius 1 is 1.03 bits per heavy atom. The van der Waals surface area contributed by atoms with E-state index in [1.165, 1.54) is 12.1 Å². The third-order valence-corrected chi connectivity index (χ3v) is 7.82. The number of allylic oxidation sites excluding steroid dienone is 2. The summed E-state index contributed by atoms with van der Waals surface area (Å²) in [6.45, 7) is 6.53. The van der Waals surface area contributed by atoms with Crippen molar-refractivity contribution in [3.63, 3.8) is 0 Å². The van der Waals surface area contributed by atoms with E-state index in [1.54, 1.807) is 25.4 Å². The number of halogens is 3. The minimum atomic E-state index is -4.49. The van der Waals surface area contributed by atoms with E-state index in [4.69, 9.17) is 9.72 Å². The molecule has 5 rings (SSSR count). The minimum absolute atomic E-state index is 0.0234. The summed E-state index contributed by atoms with van der Waals surface area (Å²) in [4.78, 5) is 20.9. The molecule has 2 heterocycles. The van der Waals surface area contributed by atoms with Crippen molar-refractivity contribution >= 4 is 11.6 Å². The molecule has 0 spiro atoms. The molecule has 1 atom stereocenters. The zero-order valence-corrected chi connectivity index (χ0v) is 22.0. The van der Waals surface area contributed by atoms with Crippen LogP contribution in [0, 0.1) is 5.41 Å². The van der Waals surface area contributed by atoms with Crippen LogP contribution in [-0.4, -0.2) is 17.9 Å². The van der Waals surface area contributed by atoms with Gasteiger partial charge in [-0.15, -0.1) is 0 Å². The van der Waals surface area contributed by atoms with Crippen molar-refractivity contribution in [2.45, 2.75) is 58.2 Å². The molecule has 198 valence electrons. The highest BCUT2D eigenvalue weighted by molar-refractivity contribution is 6.03. The lowest BCUT2D eigenvalue weighted by molar-refractivity contribution is -0.137. The fourth-order valence-electron chi connectivity index (χ4n) is 6.13. The van der Waals surface area contributed by atoms with Crippen molar-refractivity contribution < 1.29 is 22.7 Å². The number of alkyl halides is 3. The Balaban J connectivity index is 1.78. The Labute approximate surface area is 221 Å². The number of fused-ring (bicyclic) bond motifs is 1. The molecule has 0 radical (unpaired) electrons. The Morgan fingerprint density at radius 3 is 2.42 bits per heavy atom. The van der Waals surface area contributed by atoms with Crippen molar-refractivity contribution in [2.75, 3.05) is 12.0 Å². The SMILES string of the molecule is CCC1(c2cccc(C(F)(F)F)c2)C2=C(CC(C)(C)CC2=O)N(Cc2ccc(OC)cc2)c2ncccc21. The second-order valence-electron chi connectivity index (χ2n) is 10.9. The molecule has 0 fully saturated rings. The average molecular weight is 521 g/mol. The Bertz CT molecular complexity index is 1410. The highest BCUT2D eigenvalue weighted by Gasteiger charge is 2.52. The lowest BCUT2D eigenvalue weighted by Gasteiger charge is -2.50. The first-order valence-electron chi connectivity index (χ1n) is 12.8. The minimum Gasteiger partial charge on any atom is -0.497 e. The third kappa shape index (κ3) is 4.28. The molecule has 0 saturated carbocycles. The largest absolute Gasteiger partial charge is 0.497 e. The van der Waals surface area contributed by atoms with Crippen LogP contribution in [0.3, 0.4) is 0 Å². The molecule has 38 heavy (non-hydrogen) atoms. The summed E-state index contributed by atoms with van der Waals surface area (Å²) in [5.41, 5.74) is 1.60. The highest BCUT2D eigenvalue weighted by Crippen LogP contribution is 2.56. The van der Waals surface area contributed by atoms with E-state index >= 15 is 0 Å². The summed E-state index contributed by atoms with van der Waals surface area (Å²) in [6, 6.07) is 16.9. The van der Waals surface area contributed by atoms with Crippen LogP contribution in [0.1, 0.15) is 62.3 Å². The average Bonchev–Trinajstić information content (AvgIpc) is 2.88. The number of hydrogen-bond acceptors (Lipinski definition) is 4. The summed E-state index contributed by atoms with van der Waals surface area (Å²) < 4.78 is 46.8. The van der Waals surface area contributed by atoms with E-state index in [9.17, 15) is 18.0 Å². The van der Waals surface area contributed by atoms with Gasteiger partial charge in [-0.05, 0) is 53.6 Å². The van der Waals surface area contributed by atoms with Crippen LogP contribution in [0.25, 0.3) is 0 Å². The first-order chi connectivity index (χ1) is 18.0. The van der Waals surface area contributed by atoms with Gasteiger partial charge in [0.2, 0.25) is 0 Å². The maximum Gasteiger partial charge on any atom is 0.416 e. The fourth-order valence-corrected chi connectivity index (χ4v) is 6.13. The summed E-state index contributed by atoms with van der Waals surface area (Å²) in [5, 5.41) is 0. The molecule has 0 bridgehead atoms. The molecule has 1 aromatic heterocycles. The topological polar surface area (TPSA) is 42.4 Å². The number of pyridine rings is 1. The summed E-state index contributed by atoms with van der Waals surface area (Å²) in [6.07, 6.45) is -1.42. The van der Waals surface area contributed by atoms with Crippen molar-refractivity contribution in [3.8, 4) is 5.75 Å². The highest BCUT2D eigenvalue weighted by atomic mass is 19.4. The van der Waals surface area contributed by atoms with Crippen LogP contribution in [0.4, 0.5) is 19.0 Å². The number of carbonyl (C=O) groups is 1. The summed E-state index contributed by atoms with van der Waals surface area (Å²) in [5.74, 6) is 1.39. The van der Waals surface area contributed by atoms with Crippen molar-refractivity contribution in [1.29, 1.82) is 0 Å². The predicted octanol–water partition coefficient (Wildman–Crippen LogP) is 7.47. The van der Waals surface area contributed by atoms with Crippen LogP contribution in [0.15, 0.2) is 78.1 Å². The number of nitrogens with zero attached hydrogens (tertiary/aromatic N) is 2. The van der Waals surface area contributed by atoms with Crippen molar-refractivity contribution in [1.82, 2.24) is 4.98 Å². The number of benzene rings is 2. The molecule has 0 amide bonds. The molecule has 3 aromatic rings. The van der Waals surface area contributed by atoms with Gasteiger partial charge in [-0.2, -0.15) is 13.2 Å². The number of Topliss-reactive ketones (excluding diaryl/α,β-unsaturated/α-hetero) is 1. The molecular formula is C31H31F3N2O2. The molecule has 2 aromatic carbocycles. The second-order valence-corrected chi connectivity index (χ2v) is 10.9. The van der Waals surface area contributed by atoms with Gasteiger partial charge < -0.3 is 9.64 Å². The van der Waals surface area contributed by atoms with E-state index in [0.717, 1.165) is 28.6 Å². The number of carbonyl (C=O) groups excluding carboxylic acids is 1. The first kappa shape index (κ1) is 26.0. The molecule has 4 nitrogen and oxygen atoms in total. The van der Waals surface area contributed by atoms with E-state index in [2.05, 4.69) is 18.7 Å². The molecule has 0 saturated heterocycles. The van der Waals surface area contributed by atoms with E-state index in [1.807, 2.05) is 37.3 Å². The van der Waals surface area contributed by atoms with Gasteiger partial charge in [0.05, 0.1) is 18.1 Å². The molecular weight excluding hydrogens is 489 g/mol. The Morgan fingerprint density at radius 2 is 1.76 bits per heavy atom. The van der Waals surface area contributed by atoms with E-state index in [0.29, 0.717) is 42.8 Å². The lowest BCUT2D eigenvalue weighted by atomic mass is 9.59. The van der Waals surface area contributed by atoms with Crippen molar-refractivity contribution in [2.24, 2.45) is 5.41 Å². The molecule has 1 unspecified atom stereocenters. The van der Waals surface area contributed by atoms with Crippen LogP contribution >= 0.6 is 0 Å². The number of anilines is 1. The second kappa shape index (κ2) is 9.29. The first-order valence-corrected chi connectivity index (χ1v) is 12.8. The Kier molecular flexibility index (Phi) is 6.36. The molecule has 1 aliphatic carbocycles. The maximum absolute atomic E-state index is 14.0. The third-order valence-electron chi connectivity index (χ3n) is 7.82. The number of rotatable bonds is 5. The number of hydrogen-bond donors (Lipinski definition) is 0. The van der Waals surface area contributed by atoms with Crippen LogP contribution < -0.4 is 9.64 Å².